The van der Waals surface area contributed by atoms with Crippen LogP contribution in [0.3, 0.4) is 0 Å². The largest absolute Gasteiger partial charge is 0.313 e. The molecular weight excluding hydrogens is 196 g/mol. The van der Waals surface area contributed by atoms with Gasteiger partial charge >= 0.3 is 0 Å². The summed E-state index contributed by atoms with van der Waals surface area (Å²) in [5.74, 6) is 0. The summed E-state index contributed by atoms with van der Waals surface area (Å²) in [6.07, 6.45) is 8.08. The van der Waals surface area contributed by atoms with E-state index in [4.69, 9.17) is 0 Å². The van der Waals surface area contributed by atoms with E-state index in [1.807, 2.05) is 0 Å². The highest BCUT2D eigenvalue weighted by atomic mass is 15.2. The molecule has 1 rings (SSSR count). The Bertz CT molecular complexity index is 162. The van der Waals surface area contributed by atoms with Crippen LogP contribution in [0.4, 0.5) is 0 Å². The molecule has 0 spiro atoms. The van der Waals surface area contributed by atoms with Gasteiger partial charge in [-0.2, -0.15) is 0 Å². The molecule has 2 nitrogen and oxygen atoms in total. The van der Waals surface area contributed by atoms with Crippen molar-refractivity contribution in [2.45, 2.75) is 71.4 Å². The van der Waals surface area contributed by atoms with Crippen molar-refractivity contribution < 1.29 is 0 Å². The van der Waals surface area contributed by atoms with Crippen molar-refractivity contribution in [3.63, 3.8) is 0 Å². The molecule has 0 bridgehead atoms. The molecule has 1 aliphatic rings. The van der Waals surface area contributed by atoms with E-state index in [-0.39, 0.29) is 0 Å². The van der Waals surface area contributed by atoms with E-state index in [2.05, 4.69) is 31.0 Å². The molecule has 0 atom stereocenters. The second-order valence-electron chi connectivity index (χ2n) is 5.09. The fourth-order valence-electron chi connectivity index (χ4n) is 2.27. The van der Waals surface area contributed by atoms with Crippen LogP contribution in [0.5, 0.6) is 0 Å². The van der Waals surface area contributed by atoms with Gasteiger partial charge in [0.15, 0.2) is 0 Å². The molecule has 0 saturated heterocycles. The third-order valence-corrected chi connectivity index (χ3v) is 3.68. The quantitative estimate of drug-likeness (QED) is 0.616. The van der Waals surface area contributed by atoms with Gasteiger partial charge in [-0.25, -0.2) is 0 Å². The first kappa shape index (κ1) is 14.0. The van der Waals surface area contributed by atoms with E-state index in [1.165, 1.54) is 58.2 Å². The molecule has 1 aliphatic carbocycles. The maximum absolute atomic E-state index is 3.67. The maximum Gasteiger partial charge on any atom is 0.0110 e. The Balaban J connectivity index is 2.11. The predicted octanol–water partition coefficient (Wildman–Crippen LogP) is 3.03. The van der Waals surface area contributed by atoms with Crippen LogP contribution < -0.4 is 5.32 Å². The first-order valence-corrected chi connectivity index (χ1v) is 7.29. The van der Waals surface area contributed by atoms with E-state index in [0.717, 1.165) is 12.1 Å². The highest BCUT2D eigenvalue weighted by Gasteiger charge is 2.27. The minimum absolute atomic E-state index is 0.729. The lowest BCUT2D eigenvalue weighted by atomic mass is 10.2. The van der Waals surface area contributed by atoms with E-state index < -0.39 is 0 Å². The molecule has 1 fully saturated rings. The van der Waals surface area contributed by atoms with Crippen LogP contribution in [0.25, 0.3) is 0 Å². The molecule has 0 aromatic rings. The second kappa shape index (κ2) is 8.08. The molecule has 16 heavy (non-hydrogen) atoms. The summed E-state index contributed by atoms with van der Waals surface area (Å²) in [6, 6.07) is 1.65. The zero-order valence-electron chi connectivity index (χ0n) is 11.5. The summed E-state index contributed by atoms with van der Waals surface area (Å²) in [5.41, 5.74) is 0. The Labute approximate surface area is 102 Å². The van der Waals surface area contributed by atoms with E-state index in [1.54, 1.807) is 0 Å². The zero-order valence-corrected chi connectivity index (χ0v) is 11.5. The minimum Gasteiger partial charge on any atom is -0.313 e. The van der Waals surface area contributed by atoms with Crippen molar-refractivity contribution in [2.75, 3.05) is 19.6 Å². The maximum atomic E-state index is 3.67. The third-order valence-electron chi connectivity index (χ3n) is 3.68. The molecule has 0 aliphatic heterocycles. The summed E-state index contributed by atoms with van der Waals surface area (Å²) in [5, 5.41) is 3.67. The summed E-state index contributed by atoms with van der Waals surface area (Å²) in [7, 11) is 0. The topological polar surface area (TPSA) is 15.3 Å². The average molecular weight is 226 g/mol. The van der Waals surface area contributed by atoms with Crippen molar-refractivity contribution >= 4 is 0 Å². The summed E-state index contributed by atoms with van der Waals surface area (Å²) in [6.45, 7) is 10.6. The lowest BCUT2D eigenvalue weighted by Gasteiger charge is -2.23. The SMILES string of the molecule is CCCCN(CCNC(CC)CC)C1CC1. The van der Waals surface area contributed by atoms with Crippen molar-refractivity contribution in [2.24, 2.45) is 0 Å². The van der Waals surface area contributed by atoms with E-state index >= 15 is 0 Å². The van der Waals surface area contributed by atoms with Crippen LogP contribution in [0.15, 0.2) is 0 Å². The molecule has 0 aromatic carbocycles. The molecule has 0 aromatic heterocycles. The van der Waals surface area contributed by atoms with Crippen LogP contribution in [-0.2, 0) is 0 Å². The number of hydrogen-bond donors (Lipinski definition) is 1. The molecule has 0 radical (unpaired) electrons. The average Bonchev–Trinajstić information content (AvgIpc) is 3.12. The first-order valence-electron chi connectivity index (χ1n) is 7.29. The minimum atomic E-state index is 0.729. The van der Waals surface area contributed by atoms with Crippen molar-refractivity contribution in [3.8, 4) is 0 Å². The number of nitrogens with one attached hydrogen (secondary N) is 1. The smallest absolute Gasteiger partial charge is 0.0110 e. The molecule has 0 unspecified atom stereocenters. The fourth-order valence-corrected chi connectivity index (χ4v) is 2.27. The first-order chi connectivity index (χ1) is 7.81. The molecule has 0 amide bonds. The van der Waals surface area contributed by atoms with Gasteiger partial charge in [0.2, 0.25) is 0 Å². The van der Waals surface area contributed by atoms with Crippen LogP contribution in [0.1, 0.15) is 59.3 Å². The van der Waals surface area contributed by atoms with Gasteiger partial charge in [-0.05, 0) is 38.6 Å². The monoisotopic (exact) mass is 226 g/mol. The standard InChI is InChI=1S/C14H30N2/c1-4-7-11-16(14-8-9-14)12-10-15-13(5-2)6-3/h13-15H,4-12H2,1-3H3. The molecule has 1 saturated carbocycles. The van der Waals surface area contributed by atoms with Crippen LogP contribution >= 0.6 is 0 Å². The number of rotatable bonds is 10. The summed E-state index contributed by atoms with van der Waals surface area (Å²) >= 11 is 0. The van der Waals surface area contributed by atoms with Gasteiger partial charge in [0.25, 0.3) is 0 Å². The van der Waals surface area contributed by atoms with E-state index in [0.29, 0.717) is 0 Å². The fraction of sp³-hybridized carbons (Fsp3) is 1.00. The Hall–Kier alpha value is -0.0800. The van der Waals surface area contributed by atoms with Gasteiger partial charge in [-0.3, -0.25) is 4.90 Å². The Kier molecular flexibility index (Phi) is 7.06. The van der Waals surface area contributed by atoms with Crippen LogP contribution in [0.2, 0.25) is 0 Å². The molecule has 96 valence electrons. The molecule has 2 heteroatoms. The third kappa shape index (κ3) is 5.31. The normalized spacial score (nSPS) is 16.3. The number of nitrogens with zero attached hydrogens (tertiary/aromatic N) is 1. The molecular formula is C14H30N2. The molecule has 0 heterocycles. The number of unbranched alkanes of at least 4 members (excludes halogenated alkanes) is 1. The highest BCUT2D eigenvalue weighted by molar-refractivity contribution is 4.84. The van der Waals surface area contributed by atoms with Crippen molar-refractivity contribution in [1.29, 1.82) is 0 Å². The van der Waals surface area contributed by atoms with Gasteiger partial charge in [0.05, 0.1) is 0 Å². The Morgan fingerprint density at radius 2 is 1.81 bits per heavy atom. The van der Waals surface area contributed by atoms with Gasteiger partial charge in [0, 0.05) is 25.2 Å². The lowest BCUT2D eigenvalue weighted by Crippen LogP contribution is -2.38. The van der Waals surface area contributed by atoms with Gasteiger partial charge in [-0.1, -0.05) is 27.2 Å². The zero-order chi connectivity index (χ0) is 11.8. The lowest BCUT2D eigenvalue weighted by molar-refractivity contribution is 0.253. The summed E-state index contributed by atoms with van der Waals surface area (Å²) in [4.78, 5) is 2.69. The van der Waals surface area contributed by atoms with Crippen molar-refractivity contribution in [1.82, 2.24) is 10.2 Å². The Morgan fingerprint density at radius 1 is 1.12 bits per heavy atom. The Morgan fingerprint density at radius 3 is 2.31 bits per heavy atom. The molecule has 1 N–H and O–H groups in total. The van der Waals surface area contributed by atoms with Gasteiger partial charge in [-0.15, -0.1) is 0 Å². The summed E-state index contributed by atoms with van der Waals surface area (Å²) < 4.78 is 0. The van der Waals surface area contributed by atoms with Gasteiger partial charge in [0.1, 0.15) is 0 Å². The predicted molar refractivity (Wildman–Crippen MR) is 71.9 cm³/mol. The number of hydrogen-bond acceptors (Lipinski definition) is 2. The second-order valence-corrected chi connectivity index (χ2v) is 5.09. The highest BCUT2D eigenvalue weighted by Crippen LogP contribution is 2.26. The van der Waals surface area contributed by atoms with E-state index in [9.17, 15) is 0 Å². The van der Waals surface area contributed by atoms with Crippen LogP contribution in [-0.4, -0.2) is 36.6 Å². The van der Waals surface area contributed by atoms with Crippen LogP contribution in [0, 0.1) is 0 Å². The van der Waals surface area contributed by atoms with Crippen molar-refractivity contribution in [3.05, 3.63) is 0 Å². The van der Waals surface area contributed by atoms with Gasteiger partial charge < -0.3 is 5.32 Å².